The Morgan fingerprint density at radius 1 is 0.683 bits per heavy atom. The fourth-order valence-electron chi connectivity index (χ4n) is 9.60. The van der Waals surface area contributed by atoms with E-state index in [1.54, 1.807) is 71.6 Å². The van der Waals surface area contributed by atoms with E-state index in [2.05, 4.69) is 10.6 Å². The second-order valence-corrected chi connectivity index (χ2v) is 15.8. The lowest BCUT2D eigenvalue weighted by molar-refractivity contribution is -0.143. The van der Waals surface area contributed by atoms with Crippen molar-refractivity contribution in [1.29, 1.82) is 0 Å². The molecule has 60 heavy (non-hydrogen) atoms. The molecule has 6 rings (SSSR count). The van der Waals surface area contributed by atoms with Crippen LogP contribution in [0.3, 0.4) is 0 Å². The Balaban J connectivity index is 0.000000228. The third kappa shape index (κ3) is 9.76. The standard InChI is InChI=1S/2C21H28F3N3O3/c2*1-3-5-13-6-7-16-17-14(11-27(16)20(13)30)15(12-28)18(19(29)25-9-4-2)26(17)10-8-21(22,23)24/h2*3,5-7,14-15,17-18,28H,4,8-12H2,1-2H3,(H,25,29)/b5-3+;5-3-/t2*14-,15-,17+,18-/m11/s1. The van der Waals surface area contributed by atoms with Crippen molar-refractivity contribution in [3.63, 3.8) is 0 Å². The molecule has 2 aromatic heterocycles. The molecule has 0 bridgehead atoms. The second kappa shape index (κ2) is 19.6. The van der Waals surface area contributed by atoms with E-state index in [4.69, 9.17) is 0 Å². The molecule has 12 nitrogen and oxygen atoms in total. The summed E-state index contributed by atoms with van der Waals surface area (Å²) < 4.78 is 81.3. The number of aliphatic hydroxyl groups is 2. The predicted molar refractivity (Wildman–Crippen MR) is 213 cm³/mol. The number of nitrogens with zero attached hydrogens (tertiary/aromatic N) is 4. The zero-order chi connectivity index (χ0) is 44.1. The van der Waals surface area contributed by atoms with E-state index in [9.17, 15) is 55.7 Å². The van der Waals surface area contributed by atoms with Gasteiger partial charge in [-0.05, 0) is 51.0 Å². The number of amides is 2. The molecule has 0 aliphatic carbocycles. The number of aromatic nitrogens is 2. The monoisotopic (exact) mass is 854 g/mol. The van der Waals surface area contributed by atoms with Gasteiger partial charge in [-0.25, -0.2) is 0 Å². The molecule has 18 heteroatoms. The SMILES string of the molecule is C/C=C/c1ccc2n(c1=O)C[C@@H]1[C@@H](CO)[C@H](C(=O)NCCC)N(CCC(F)(F)F)[C@H]21.C/C=C\c1ccc2n(c1=O)C[C@@H]1[C@@H](CO)[C@H](C(=O)NCCC)N(CCC(F)(F)F)[C@H]21. The fourth-order valence-corrected chi connectivity index (χ4v) is 9.60. The lowest BCUT2D eigenvalue weighted by Gasteiger charge is -2.31. The minimum Gasteiger partial charge on any atom is -0.396 e. The molecule has 0 spiro atoms. The summed E-state index contributed by atoms with van der Waals surface area (Å²) in [6, 6.07) is 4.07. The third-order valence-corrected chi connectivity index (χ3v) is 12.1. The average molecular weight is 855 g/mol. The number of nitrogens with one attached hydrogen (secondary N) is 2. The highest BCUT2D eigenvalue weighted by molar-refractivity contribution is 5.83. The van der Waals surface area contributed by atoms with Crippen LogP contribution in [0.5, 0.6) is 0 Å². The normalized spacial score (nSPS) is 26.2. The Bertz CT molecular complexity index is 1870. The van der Waals surface area contributed by atoms with Crippen LogP contribution in [0.4, 0.5) is 26.3 Å². The first-order valence-corrected chi connectivity index (χ1v) is 20.6. The van der Waals surface area contributed by atoms with Gasteiger partial charge in [0.1, 0.15) is 0 Å². The quantitative estimate of drug-likeness (QED) is 0.201. The first kappa shape index (κ1) is 46.8. The van der Waals surface area contributed by atoms with E-state index >= 15 is 0 Å². The highest BCUT2D eigenvalue weighted by atomic mass is 19.4. The van der Waals surface area contributed by atoms with Gasteiger partial charge in [0.15, 0.2) is 0 Å². The second-order valence-electron chi connectivity index (χ2n) is 15.8. The van der Waals surface area contributed by atoms with E-state index < -0.39 is 61.2 Å². The van der Waals surface area contributed by atoms with E-state index in [0.29, 0.717) is 48.4 Å². The minimum atomic E-state index is -4.37. The molecule has 8 atom stereocenters. The number of alkyl halides is 6. The summed E-state index contributed by atoms with van der Waals surface area (Å²) in [5.41, 5.74) is 1.79. The van der Waals surface area contributed by atoms with Crippen LogP contribution in [0, 0.1) is 23.7 Å². The zero-order valence-corrected chi connectivity index (χ0v) is 34.3. The molecule has 332 valence electrons. The molecule has 6 heterocycles. The number of fused-ring (bicyclic) bond motifs is 6. The van der Waals surface area contributed by atoms with Gasteiger partial charge < -0.3 is 30.0 Å². The summed E-state index contributed by atoms with van der Waals surface area (Å²) in [5, 5.41) is 25.7. The molecule has 2 fully saturated rings. The van der Waals surface area contributed by atoms with Gasteiger partial charge in [0.2, 0.25) is 11.8 Å². The Labute approximate surface area is 344 Å². The lowest BCUT2D eigenvalue weighted by atomic mass is 9.88. The van der Waals surface area contributed by atoms with Crippen molar-refractivity contribution in [2.75, 3.05) is 39.4 Å². The van der Waals surface area contributed by atoms with Crippen molar-refractivity contribution >= 4 is 24.0 Å². The number of carbonyl (C=O) groups excluding carboxylic acids is 2. The van der Waals surface area contributed by atoms with Gasteiger partial charge in [0.25, 0.3) is 11.1 Å². The Hall–Kier alpha value is -4.26. The van der Waals surface area contributed by atoms with Gasteiger partial charge in [0, 0.05) is 98.7 Å². The molecular weight excluding hydrogens is 798 g/mol. The van der Waals surface area contributed by atoms with Crippen molar-refractivity contribution < 1.29 is 46.1 Å². The molecule has 2 saturated heterocycles. The fraction of sp³-hybridized carbons (Fsp3) is 0.619. The lowest BCUT2D eigenvalue weighted by Crippen LogP contribution is -2.49. The summed E-state index contributed by atoms with van der Waals surface area (Å²) in [7, 11) is 0. The van der Waals surface area contributed by atoms with Gasteiger partial charge in [-0.3, -0.25) is 29.0 Å². The van der Waals surface area contributed by atoms with Crippen LogP contribution < -0.4 is 21.8 Å². The summed E-state index contributed by atoms with van der Waals surface area (Å²) >= 11 is 0. The molecule has 2 amide bonds. The topological polar surface area (TPSA) is 149 Å². The Morgan fingerprint density at radius 2 is 1.05 bits per heavy atom. The van der Waals surface area contributed by atoms with Crippen LogP contribution in [0.15, 0.2) is 46.0 Å². The van der Waals surface area contributed by atoms with Crippen molar-refractivity contribution in [3.05, 3.63) is 79.6 Å². The summed E-state index contributed by atoms with van der Waals surface area (Å²) in [4.78, 5) is 54.4. The number of carbonyl (C=O) groups is 2. The number of hydrogen-bond donors (Lipinski definition) is 4. The minimum absolute atomic E-state index is 0.209. The van der Waals surface area contributed by atoms with E-state index in [1.165, 1.54) is 9.80 Å². The Morgan fingerprint density at radius 3 is 1.35 bits per heavy atom. The van der Waals surface area contributed by atoms with Crippen LogP contribution in [0.25, 0.3) is 12.2 Å². The van der Waals surface area contributed by atoms with E-state index in [0.717, 1.165) is 0 Å². The maximum absolute atomic E-state index is 13.0. The van der Waals surface area contributed by atoms with E-state index in [-0.39, 0.29) is 74.2 Å². The van der Waals surface area contributed by atoms with Crippen LogP contribution in [0.2, 0.25) is 0 Å². The van der Waals surface area contributed by atoms with Gasteiger partial charge in [-0.15, -0.1) is 0 Å². The van der Waals surface area contributed by atoms with Gasteiger partial charge in [-0.1, -0.05) is 38.2 Å². The van der Waals surface area contributed by atoms with Crippen LogP contribution in [-0.2, 0) is 22.7 Å². The first-order chi connectivity index (χ1) is 28.5. The zero-order valence-electron chi connectivity index (χ0n) is 34.3. The predicted octanol–water partition coefficient (Wildman–Crippen LogP) is 4.65. The van der Waals surface area contributed by atoms with Crippen molar-refractivity contribution in [2.24, 2.45) is 23.7 Å². The molecule has 4 N–H and O–H groups in total. The smallest absolute Gasteiger partial charge is 0.390 e. The highest BCUT2D eigenvalue weighted by Crippen LogP contribution is 2.51. The van der Waals surface area contributed by atoms with E-state index in [1.807, 2.05) is 13.8 Å². The molecule has 2 aromatic rings. The number of halogens is 6. The van der Waals surface area contributed by atoms with Crippen molar-refractivity contribution in [3.8, 4) is 0 Å². The molecule has 4 aliphatic heterocycles. The van der Waals surface area contributed by atoms with Gasteiger partial charge in [0.05, 0.1) is 37.0 Å². The number of rotatable bonds is 14. The number of hydrogen-bond acceptors (Lipinski definition) is 8. The summed E-state index contributed by atoms with van der Waals surface area (Å²) in [5.74, 6) is -2.46. The molecule has 4 aliphatic rings. The number of aliphatic hydroxyl groups excluding tert-OH is 2. The number of pyridine rings is 2. The molecule has 0 unspecified atom stereocenters. The summed E-state index contributed by atoms with van der Waals surface area (Å²) in [6.07, 6.45) is -2.59. The number of allylic oxidation sites excluding steroid dienone is 2. The maximum atomic E-state index is 13.0. The van der Waals surface area contributed by atoms with Crippen LogP contribution in [0.1, 0.15) is 88.0 Å². The third-order valence-electron chi connectivity index (χ3n) is 12.1. The average Bonchev–Trinajstić information content (AvgIpc) is 3.93. The van der Waals surface area contributed by atoms with Crippen LogP contribution >= 0.6 is 0 Å². The molecule has 0 radical (unpaired) electrons. The molecule has 0 saturated carbocycles. The van der Waals surface area contributed by atoms with Gasteiger partial charge >= 0.3 is 12.4 Å². The maximum Gasteiger partial charge on any atom is 0.390 e. The number of likely N-dealkylation sites (tertiary alicyclic amines) is 2. The summed E-state index contributed by atoms with van der Waals surface area (Å²) in [6.45, 7) is 7.35. The van der Waals surface area contributed by atoms with Gasteiger partial charge in [-0.2, -0.15) is 26.3 Å². The Kier molecular flexibility index (Phi) is 15.3. The molecular formula is C42H56F6N6O6. The first-order valence-electron chi connectivity index (χ1n) is 20.6. The molecule has 0 aromatic carbocycles. The van der Waals surface area contributed by atoms with Crippen molar-refractivity contribution in [2.45, 2.75) is 103 Å². The highest BCUT2D eigenvalue weighted by Gasteiger charge is 2.57. The van der Waals surface area contributed by atoms with Crippen molar-refractivity contribution in [1.82, 2.24) is 29.6 Å². The van der Waals surface area contributed by atoms with Crippen LogP contribution in [-0.4, -0.2) is 105 Å². The largest absolute Gasteiger partial charge is 0.396 e.